The molecule has 0 aliphatic carbocycles. The second-order valence-corrected chi connectivity index (χ2v) is 8.21. The Morgan fingerprint density at radius 1 is 1.37 bits per heavy atom. The van der Waals surface area contributed by atoms with Gasteiger partial charge in [0.25, 0.3) is 0 Å². The second-order valence-electron chi connectivity index (χ2n) is 8.21. The third-order valence-electron chi connectivity index (χ3n) is 5.96. The van der Waals surface area contributed by atoms with Gasteiger partial charge in [-0.3, -0.25) is 19.2 Å². The van der Waals surface area contributed by atoms with Gasteiger partial charge in [0.05, 0.1) is 30.4 Å². The Morgan fingerprint density at radius 2 is 2.20 bits per heavy atom. The summed E-state index contributed by atoms with van der Waals surface area (Å²) in [4.78, 5) is 34.2. The number of aryl methyl sites for hydroxylation is 2. The number of carbonyl (C=O) groups excluding carboxylic acids is 2. The zero-order valence-electron chi connectivity index (χ0n) is 17.7. The summed E-state index contributed by atoms with van der Waals surface area (Å²) < 4.78 is 7.00. The Labute approximate surface area is 175 Å². The van der Waals surface area contributed by atoms with Crippen LogP contribution in [0.5, 0.6) is 0 Å². The molecule has 4 rings (SSSR count). The van der Waals surface area contributed by atoms with Crippen LogP contribution in [0.15, 0.2) is 16.9 Å². The van der Waals surface area contributed by atoms with Gasteiger partial charge in [-0.2, -0.15) is 0 Å². The van der Waals surface area contributed by atoms with E-state index in [0.29, 0.717) is 38.5 Å². The summed E-state index contributed by atoms with van der Waals surface area (Å²) >= 11 is 0. The molecular formula is C20H29N7O3. The van der Waals surface area contributed by atoms with Crippen molar-refractivity contribution in [3.63, 3.8) is 0 Å². The highest BCUT2D eigenvalue weighted by Gasteiger charge is 2.48. The van der Waals surface area contributed by atoms with Crippen LogP contribution in [0.25, 0.3) is 0 Å². The van der Waals surface area contributed by atoms with E-state index < -0.39 is 0 Å². The first-order valence-electron chi connectivity index (χ1n) is 10.5. The number of nitrogens with zero attached hydrogens (tertiary/aromatic N) is 6. The van der Waals surface area contributed by atoms with Gasteiger partial charge in [0, 0.05) is 44.8 Å². The van der Waals surface area contributed by atoms with Gasteiger partial charge in [0.2, 0.25) is 11.8 Å². The monoisotopic (exact) mass is 415 g/mol. The minimum atomic E-state index is -0.185. The summed E-state index contributed by atoms with van der Waals surface area (Å²) in [6.07, 6.45) is 4.95. The number of hydrogen-bond donors (Lipinski definition) is 1. The molecule has 3 atom stereocenters. The zero-order valence-corrected chi connectivity index (χ0v) is 17.7. The van der Waals surface area contributed by atoms with Gasteiger partial charge >= 0.3 is 0 Å². The summed E-state index contributed by atoms with van der Waals surface area (Å²) in [6, 6.07) is 0.00507. The van der Waals surface area contributed by atoms with Crippen molar-refractivity contribution in [2.45, 2.75) is 58.8 Å². The summed E-state index contributed by atoms with van der Waals surface area (Å²) in [5.41, 5.74) is 1.68. The Balaban J connectivity index is 1.36. The molecule has 1 N–H and O–H groups in total. The maximum absolute atomic E-state index is 12.9. The molecule has 0 radical (unpaired) electrons. The van der Waals surface area contributed by atoms with E-state index in [1.165, 1.54) is 0 Å². The van der Waals surface area contributed by atoms with E-state index in [2.05, 4.69) is 25.5 Å². The average molecular weight is 415 g/mol. The van der Waals surface area contributed by atoms with Gasteiger partial charge in [0.1, 0.15) is 6.26 Å². The van der Waals surface area contributed by atoms with Gasteiger partial charge in [-0.15, -0.1) is 5.10 Å². The first-order valence-corrected chi connectivity index (χ1v) is 10.5. The van der Waals surface area contributed by atoms with Crippen molar-refractivity contribution in [2.75, 3.05) is 19.6 Å². The van der Waals surface area contributed by atoms with E-state index in [1.807, 2.05) is 31.9 Å². The lowest BCUT2D eigenvalue weighted by Gasteiger charge is -2.39. The largest absolute Gasteiger partial charge is 0.449 e. The number of aromatic nitrogens is 4. The van der Waals surface area contributed by atoms with Crippen molar-refractivity contribution in [1.82, 2.24) is 35.1 Å². The highest BCUT2D eigenvalue weighted by Crippen LogP contribution is 2.35. The van der Waals surface area contributed by atoms with Crippen LogP contribution in [0.2, 0.25) is 0 Å². The smallest absolute Gasteiger partial charge is 0.237 e. The molecular weight excluding hydrogens is 386 g/mol. The van der Waals surface area contributed by atoms with Crippen LogP contribution in [-0.2, 0) is 22.7 Å². The lowest BCUT2D eigenvalue weighted by molar-refractivity contribution is -0.141. The number of fused-ring (bicyclic) bond motifs is 1. The molecule has 0 aromatic carbocycles. The van der Waals surface area contributed by atoms with Crippen LogP contribution in [0.3, 0.4) is 0 Å². The lowest BCUT2D eigenvalue weighted by Crippen LogP contribution is -2.56. The van der Waals surface area contributed by atoms with Crippen LogP contribution >= 0.6 is 0 Å². The van der Waals surface area contributed by atoms with E-state index in [-0.39, 0.29) is 29.8 Å². The lowest BCUT2D eigenvalue weighted by atomic mass is 9.96. The normalized spacial score (nSPS) is 24.3. The maximum atomic E-state index is 12.9. The molecule has 2 aliphatic heterocycles. The number of nitrogens with one attached hydrogen (secondary N) is 1. The number of hydrogen-bond acceptors (Lipinski definition) is 7. The van der Waals surface area contributed by atoms with Crippen molar-refractivity contribution < 1.29 is 14.0 Å². The van der Waals surface area contributed by atoms with Gasteiger partial charge < -0.3 is 14.6 Å². The van der Waals surface area contributed by atoms with Crippen LogP contribution in [-0.4, -0.2) is 73.3 Å². The Hall–Kier alpha value is -2.75. The van der Waals surface area contributed by atoms with Crippen molar-refractivity contribution in [3.8, 4) is 0 Å². The molecule has 0 bridgehead atoms. The number of amides is 2. The highest BCUT2D eigenvalue weighted by molar-refractivity contribution is 5.84. The topological polar surface area (TPSA) is 109 Å². The minimum absolute atomic E-state index is 0.0135. The van der Waals surface area contributed by atoms with Crippen LogP contribution in [0.4, 0.5) is 0 Å². The minimum Gasteiger partial charge on any atom is -0.449 e. The predicted octanol–water partition coefficient (Wildman–Crippen LogP) is 0.511. The molecule has 0 unspecified atom stereocenters. The zero-order chi connectivity index (χ0) is 21.3. The molecule has 162 valence electrons. The molecule has 0 spiro atoms. The van der Waals surface area contributed by atoms with E-state index in [0.717, 1.165) is 24.4 Å². The first-order chi connectivity index (χ1) is 14.4. The molecule has 2 amide bonds. The summed E-state index contributed by atoms with van der Waals surface area (Å²) in [5, 5.41) is 11.0. The quantitative estimate of drug-likeness (QED) is 0.702. The number of piperazine rings is 1. The van der Waals surface area contributed by atoms with E-state index in [4.69, 9.17) is 4.42 Å². The van der Waals surface area contributed by atoms with Gasteiger partial charge in [-0.25, -0.2) is 4.98 Å². The molecule has 10 heteroatoms. The van der Waals surface area contributed by atoms with Crippen LogP contribution in [0.1, 0.15) is 37.0 Å². The number of oxazole rings is 1. The molecule has 2 aromatic heterocycles. The Kier molecular flexibility index (Phi) is 5.85. The van der Waals surface area contributed by atoms with E-state index >= 15 is 0 Å². The summed E-state index contributed by atoms with van der Waals surface area (Å²) in [7, 11) is 0. The van der Waals surface area contributed by atoms with Crippen LogP contribution < -0.4 is 5.32 Å². The van der Waals surface area contributed by atoms with E-state index in [9.17, 15) is 9.59 Å². The standard InChI is InChI=1S/C20H29N7O3/c1-4-18-17(20(29)21-5-6-26-8-13(2)23-24-26)7-16-10-25(11-19(28)27(16)18)9-15-12-30-14(3)22-15/h8,12,16-18H,4-7,9-11H2,1-3H3,(H,21,29)/t16-,17-,18-/m1/s1. The van der Waals surface area contributed by atoms with Crippen molar-refractivity contribution >= 4 is 11.8 Å². The van der Waals surface area contributed by atoms with Gasteiger partial charge in [0.15, 0.2) is 5.89 Å². The fraction of sp³-hybridized carbons (Fsp3) is 0.650. The van der Waals surface area contributed by atoms with Crippen LogP contribution in [0, 0.1) is 19.8 Å². The van der Waals surface area contributed by atoms with Crippen molar-refractivity contribution in [2.24, 2.45) is 5.92 Å². The highest BCUT2D eigenvalue weighted by atomic mass is 16.3. The van der Waals surface area contributed by atoms with E-state index in [1.54, 1.807) is 10.9 Å². The molecule has 30 heavy (non-hydrogen) atoms. The molecule has 2 aliphatic rings. The van der Waals surface area contributed by atoms with Crippen molar-refractivity contribution in [3.05, 3.63) is 29.7 Å². The third kappa shape index (κ3) is 4.23. The van der Waals surface area contributed by atoms with Gasteiger partial charge in [-0.05, 0) is 19.8 Å². The molecule has 0 saturated carbocycles. The fourth-order valence-corrected chi connectivity index (χ4v) is 4.74. The summed E-state index contributed by atoms with van der Waals surface area (Å²) in [6.45, 7) is 8.48. The SMILES string of the molecule is CC[C@@H]1[C@H](C(=O)NCCn2cc(C)nn2)C[C@@H]2CN(Cc3coc(C)n3)CC(=O)N21. The molecule has 4 heterocycles. The third-order valence-corrected chi connectivity index (χ3v) is 5.96. The molecule has 2 fully saturated rings. The predicted molar refractivity (Wildman–Crippen MR) is 107 cm³/mol. The molecule has 10 nitrogen and oxygen atoms in total. The number of rotatable bonds is 7. The summed E-state index contributed by atoms with van der Waals surface area (Å²) in [5.74, 6) is 0.543. The Bertz CT molecular complexity index is 908. The first kappa shape index (κ1) is 20.5. The second kappa shape index (κ2) is 8.55. The number of carbonyl (C=O) groups is 2. The average Bonchev–Trinajstić information content (AvgIpc) is 3.40. The maximum Gasteiger partial charge on any atom is 0.237 e. The fourth-order valence-electron chi connectivity index (χ4n) is 4.74. The molecule has 2 aromatic rings. The van der Waals surface area contributed by atoms with Gasteiger partial charge in [-0.1, -0.05) is 12.1 Å². The molecule has 2 saturated heterocycles. The van der Waals surface area contributed by atoms with Crippen molar-refractivity contribution in [1.29, 1.82) is 0 Å². The Morgan fingerprint density at radius 3 is 2.87 bits per heavy atom.